The van der Waals surface area contributed by atoms with Gasteiger partial charge in [-0.2, -0.15) is 0 Å². The Bertz CT molecular complexity index is 770. The van der Waals surface area contributed by atoms with Crippen molar-refractivity contribution in [2.24, 2.45) is 0 Å². The van der Waals surface area contributed by atoms with E-state index in [4.69, 9.17) is 13.9 Å². The Morgan fingerprint density at radius 1 is 1.26 bits per heavy atom. The van der Waals surface area contributed by atoms with Crippen molar-refractivity contribution in [3.8, 4) is 11.5 Å². The first kappa shape index (κ1) is 11.2. The minimum atomic E-state index is -1.08. The number of carboxylic acids is 1. The van der Waals surface area contributed by atoms with Crippen LogP contribution < -0.4 is 0 Å². The Morgan fingerprint density at radius 2 is 2.11 bits per heavy atom. The zero-order chi connectivity index (χ0) is 13.2. The molecule has 2 aromatic heterocycles. The number of hydrogen-bond acceptors (Lipinski definition) is 5. The number of benzene rings is 1. The van der Waals surface area contributed by atoms with Crippen LogP contribution in [0.3, 0.4) is 0 Å². The van der Waals surface area contributed by atoms with Crippen LogP contribution in [0.25, 0.3) is 28.5 Å². The highest BCUT2D eigenvalue weighted by Gasteiger charge is 2.13. The number of furan rings is 1. The molecular formula is C13H8N2O4. The lowest BCUT2D eigenvalue weighted by Crippen LogP contribution is -1.85. The second-order valence-corrected chi connectivity index (χ2v) is 3.76. The summed E-state index contributed by atoms with van der Waals surface area (Å²) in [6, 6.07) is 7.46. The summed E-state index contributed by atoms with van der Waals surface area (Å²) in [7, 11) is 0. The molecule has 0 aliphatic carbocycles. The number of carbonyl (C=O) groups is 1. The van der Waals surface area contributed by atoms with Crippen molar-refractivity contribution < 1.29 is 18.7 Å². The van der Waals surface area contributed by atoms with Crippen LogP contribution in [0.5, 0.6) is 0 Å². The number of nitrogens with zero attached hydrogens (tertiary/aromatic N) is 2. The molecule has 0 atom stereocenters. The summed E-state index contributed by atoms with van der Waals surface area (Å²) in [5, 5.41) is 17.0. The SMILES string of the molecule is O=C(O)/C=C/c1nnc(-c2coc3ccccc23)o1. The van der Waals surface area contributed by atoms with Crippen LogP contribution in [0.2, 0.25) is 0 Å². The molecule has 3 rings (SSSR count). The maximum absolute atomic E-state index is 10.4. The lowest BCUT2D eigenvalue weighted by molar-refractivity contribution is -0.131. The zero-order valence-electron chi connectivity index (χ0n) is 9.61. The van der Waals surface area contributed by atoms with E-state index in [1.807, 2.05) is 24.3 Å². The molecule has 6 nitrogen and oxygen atoms in total. The molecule has 0 spiro atoms. The first-order valence-corrected chi connectivity index (χ1v) is 5.45. The van der Waals surface area contributed by atoms with Gasteiger partial charge in [-0.05, 0) is 6.07 Å². The minimum Gasteiger partial charge on any atom is -0.478 e. The number of aliphatic carboxylic acids is 1. The molecule has 2 heterocycles. The smallest absolute Gasteiger partial charge is 0.328 e. The highest BCUT2D eigenvalue weighted by Crippen LogP contribution is 2.29. The quantitative estimate of drug-likeness (QED) is 0.724. The third-order valence-corrected chi connectivity index (χ3v) is 2.52. The molecular weight excluding hydrogens is 248 g/mol. The summed E-state index contributed by atoms with van der Waals surface area (Å²) in [5.41, 5.74) is 1.40. The molecule has 19 heavy (non-hydrogen) atoms. The van der Waals surface area contributed by atoms with E-state index in [9.17, 15) is 4.79 Å². The normalized spacial score (nSPS) is 11.4. The van der Waals surface area contributed by atoms with Gasteiger partial charge in [0.15, 0.2) is 0 Å². The molecule has 0 aliphatic heterocycles. The van der Waals surface area contributed by atoms with Gasteiger partial charge in [0, 0.05) is 17.5 Å². The van der Waals surface area contributed by atoms with Crippen LogP contribution >= 0.6 is 0 Å². The number of para-hydroxylation sites is 1. The zero-order valence-corrected chi connectivity index (χ0v) is 9.61. The highest BCUT2D eigenvalue weighted by atomic mass is 16.4. The van der Waals surface area contributed by atoms with Gasteiger partial charge in [0.1, 0.15) is 11.8 Å². The Morgan fingerprint density at radius 3 is 2.95 bits per heavy atom. The molecule has 1 aromatic carbocycles. The van der Waals surface area contributed by atoms with Crippen molar-refractivity contribution in [2.75, 3.05) is 0 Å². The van der Waals surface area contributed by atoms with Crippen LogP contribution in [-0.2, 0) is 4.79 Å². The Balaban J connectivity index is 2.01. The van der Waals surface area contributed by atoms with E-state index < -0.39 is 5.97 Å². The van der Waals surface area contributed by atoms with E-state index in [1.165, 1.54) is 12.3 Å². The van der Waals surface area contributed by atoms with Crippen LogP contribution in [0.4, 0.5) is 0 Å². The number of fused-ring (bicyclic) bond motifs is 1. The fraction of sp³-hybridized carbons (Fsp3) is 0. The van der Waals surface area contributed by atoms with E-state index in [1.54, 1.807) is 0 Å². The van der Waals surface area contributed by atoms with E-state index >= 15 is 0 Å². The average Bonchev–Trinajstić information content (AvgIpc) is 3.02. The molecule has 0 fully saturated rings. The molecule has 0 aliphatic rings. The van der Waals surface area contributed by atoms with Gasteiger partial charge >= 0.3 is 5.97 Å². The maximum Gasteiger partial charge on any atom is 0.328 e. The fourth-order valence-corrected chi connectivity index (χ4v) is 1.70. The van der Waals surface area contributed by atoms with E-state index in [0.29, 0.717) is 5.56 Å². The fourth-order valence-electron chi connectivity index (χ4n) is 1.70. The molecule has 94 valence electrons. The predicted molar refractivity (Wildman–Crippen MR) is 66.2 cm³/mol. The van der Waals surface area contributed by atoms with Gasteiger partial charge in [0.05, 0.1) is 5.56 Å². The van der Waals surface area contributed by atoms with Crippen LogP contribution in [0.15, 0.2) is 45.4 Å². The van der Waals surface area contributed by atoms with Gasteiger partial charge < -0.3 is 13.9 Å². The third-order valence-electron chi connectivity index (χ3n) is 2.52. The van der Waals surface area contributed by atoms with Gasteiger partial charge in [0.2, 0.25) is 5.89 Å². The standard InChI is InChI=1S/C13H8N2O4/c16-12(17)6-5-11-14-15-13(19-11)9-7-18-10-4-2-1-3-8(9)10/h1-7H,(H,16,17)/b6-5+. The monoisotopic (exact) mass is 256 g/mol. The molecule has 6 heteroatoms. The minimum absolute atomic E-state index is 0.127. The summed E-state index contributed by atoms with van der Waals surface area (Å²) < 4.78 is 10.7. The van der Waals surface area contributed by atoms with E-state index in [0.717, 1.165) is 17.0 Å². The summed E-state index contributed by atoms with van der Waals surface area (Å²) in [6.07, 6.45) is 3.70. The van der Waals surface area contributed by atoms with Gasteiger partial charge in [-0.25, -0.2) is 4.79 Å². The second kappa shape index (κ2) is 4.41. The average molecular weight is 256 g/mol. The molecule has 0 bridgehead atoms. The van der Waals surface area contributed by atoms with Crippen molar-refractivity contribution in [1.29, 1.82) is 0 Å². The first-order chi connectivity index (χ1) is 9.24. The highest BCUT2D eigenvalue weighted by molar-refractivity contribution is 5.91. The van der Waals surface area contributed by atoms with Crippen LogP contribution in [0.1, 0.15) is 5.89 Å². The summed E-state index contributed by atoms with van der Waals surface area (Å²) in [5.74, 6) is -0.661. The molecule has 0 radical (unpaired) electrons. The second-order valence-electron chi connectivity index (χ2n) is 3.76. The van der Waals surface area contributed by atoms with Crippen molar-refractivity contribution in [3.05, 3.63) is 42.5 Å². The van der Waals surface area contributed by atoms with Crippen LogP contribution in [0, 0.1) is 0 Å². The number of aromatic nitrogens is 2. The lowest BCUT2D eigenvalue weighted by atomic mass is 10.2. The van der Waals surface area contributed by atoms with Crippen LogP contribution in [-0.4, -0.2) is 21.3 Å². The number of hydrogen-bond donors (Lipinski definition) is 1. The van der Waals surface area contributed by atoms with E-state index in [2.05, 4.69) is 10.2 Å². The predicted octanol–water partition coefficient (Wildman–Crippen LogP) is 2.58. The molecule has 1 N–H and O–H groups in total. The van der Waals surface area contributed by atoms with Gasteiger partial charge in [-0.15, -0.1) is 10.2 Å². The van der Waals surface area contributed by atoms with Crippen molar-refractivity contribution >= 4 is 23.0 Å². The number of carboxylic acid groups (broad SMARTS) is 1. The van der Waals surface area contributed by atoms with Gasteiger partial charge in [0.25, 0.3) is 5.89 Å². The van der Waals surface area contributed by atoms with Crippen molar-refractivity contribution in [3.63, 3.8) is 0 Å². The molecule has 0 saturated heterocycles. The Kier molecular flexibility index (Phi) is 2.60. The molecule has 0 saturated carbocycles. The lowest BCUT2D eigenvalue weighted by Gasteiger charge is -1.89. The first-order valence-electron chi connectivity index (χ1n) is 5.45. The number of rotatable bonds is 3. The van der Waals surface area contributed by atoms with Crippen molar-refractivity contribution in [1.82, 2.24) is 10.2 Å². The Labute approximate surface area is 107 Å². The summed E-state index contributed by atoms with van der Waals surface area (Å²) >= 11 is 0. The largest absolute Gasteiger partial charge is 0.478 e. The topological polar surface area (TPSA) is 89.4 Å². The molecule has 0 amide bonds. The maximum atomic E-state index is 10.4. The van der Waals surface area contributed by atoms with Gasteiger partial charge in [-0.3, -0.25) is 0 Å². The van der Waals surface area contributed by atoms with E-state index in [-0.39, 0.29) is 11.8 Å². The molecule has 0 unspecified atom stereocenters. The third kappa shape index (κ3) is 2.11. The summed E-state index contributed by atoms with van der Waals surface area (Å²) in [6.45, 7) is 0. The van der Waals surface area contributed by atoms with Gasteiger partial charge in [-0.1, -0.05) is 18.2 Å². The Hall–Kier alpha value is -2.89. The van der Waals surface area contributed by atoms with Crippen molar-refractivity contribution in [2.45, 2.75) is 0 Å². The summed E-state index contributed by atoms with van der Waals surface area (Å²) in [4.78, 5) is 10.4. The molecule has 3 aromatic rings.